The van der Waals surface area contributed by atoms with Crippen molar-refractivity contribution in [3.05, 3.63) is 65.3 Å². The van der Waals surface area contributed by atoms with Crippen molar-refractivity contribution in [2.45, 2.75) is 12.8 Å². The second-order valence-electron chi connectivity index (χ2n) is 5.19. The Bertz CT molecular complexity index is 733. The first-order valence-electron chi connectivity index (χ1n) is 7.38. The molecule has 1 aromatic heterocycles. The Labute approximate surface area is 135 Å². The zero-order valence-electron chi connectivity index (χ0n) is 12.2. The molecule has 0 aliphatic rings. The van der Waals surface area contributed by atoms with Gasteiger partial charge in [-0.25, -0.2) is 0 Å². The molecule has 0 aliphatic carbocycles. The molecule has 0 spiro atoms. The van der Waals surface area contributed by atoms with E-state index in [1.54, 1.807) is 0 Å². The van der Waals surface area contributed by atoms with E-state index in [1.807, 2.05) is 42.5 Å². The third-order valence-electron chi connectivity index (χ3n) is 3.65. The molecule has 0 unspecified atom stereocenters. The van der Waals surface area contributed by atoms with Crippen LogP contribution < -0.4 is 5.73 Å². The molecule has 3 rings (SSSR count). The van der Waals surface area contributed by atoms with E-state index in [4.69, 9.17) is 17.3 Å². The highest BCUT2D eigenvalue weighted by molar-refractivity contribution is 6.30. The molecular weight excluding hydrogens is 294 g/mol. The maximum absolute atomic E-state index is 5.99. The first-order chi connectivity index (χ1) is 10.8. The Morgan fingerprint density at radius 3 is 2.36 bits per heavy atom. The second kappa shape index (κ2) is 6.77. The zero-order valence-corrected chi connectivity index (χ0v) is 13.0. The van der Waals surface area contributed by atoms with Gasteiger partial charge in [0.15, 0.2) is 0 Å². The highest BCUT2D eigenvalue weighted by atomic mass is 35.5. The highest BCUT2D eigenvalue weighted by Gasteiger charge is 2.16. The number of nitrogens with one attached hydrogen (secondary N) is 1. The van der Waals surface area contributed by atoms with Gasteiger partial charge in [0.1, 0.15) is 5.69 Å². The Kier molecular flexibility index (Phi) is 4.56. The lowest BCUT2D eigenvalue weighted by molar-refractivity contribution is 0.805. The van der Waals surface area contributed by atoms with Gasteiger partial charge in [-0.1, -0.05) is 54.1 Å². The average Bonchev–Trinajstić information content (AvgIpc) is 2.98. The molecule has 0 aliphatic heterocycles. The molecule has 0 amide bonds. The van der Waals surface area contributed by atoms with Crippen LogP contribution in [0.5, 0.6) is 0 Å². The van der Waals surface area contributed by atoms with Crippen LogP contribution in [0, 0.1) is 0 Å². The van der Waals surface area contributed by atoms with Crippen LogP contribution in [0.25, 0.3) is 22.4 Å². The number of benzene rings is 2. The summed E-state index contributed by atoms with van der Waals surface area (Å²) in [7, 11) is 0. The van der Waals surface area contributed by atoms with E-state index in [0.29, 0.717) is 6.54 Å². The molecule has 0 bridgehead atoms. The fraction of sp³-hybridized carbons (Fsp3) is 0.167. The first-order valence-corrected chi connectivity index (χ1v) is 7.76. The maximum atomic E-state index is 5.99. The molecule has 1 heterocycles. The number of hydrogen-bond donors (Lipinski definition) is 2. The molecule has 0 atom stereocenters. The van der Waals surface area contributed by atoms with E-state index in [2.05, 4.69) is 22.3 Å². The van der Waals surface area contributed by atoms with Crippen LogP contribution in [-0.4, -0.2) is 16.7 Å². The van der Waals surface area contributed by atoms with E-state index in [1.165, 1.54) is 0 Å². The number of H-pyrrole nitrogens is 1. The summed E-state index contributed by atoms with van der Waals surface area (Å²) >= 11 is 5.99. The van der Waals surface area contributed by atoms with Gasteiger partial charge in [0.05, 0.1) is 0 Å². The standard InChI is InChI=1S/C18H18ClN3/c19-15-10-8-14(9-11-15)18-17(13-5-2-1-3-6-13)16(21-22-18)7-4-12-20/h1-3,5-6,8-11H,4,7,12,20H2,(H,21,22). The van der Waals surface area contributed by atoms with Gasteiger partial charge in [-0.3, -0.25) is 5.10 Å². The number of nitrogens with two attached hydrogens (primary N) is 1. The van der Waals surface area contributed by atoms with Gasteiger partial charge in [-0.05, 0) is 37.1 Å². The highest BCUT2D eigenvalue weighted by Crippen LogP contribution is 2.34. The minimum Gasteiger partial charge on any atom is -0.330 e. The summed E-state index contributed by atoms with van der Waals surface area (Å²) in [4.78, 5) is 0. The number of aryl methyl sites for hydroxylation is 1. The molecule has 3 nitrogen and oxygen atoms in total. The summed E-state index contributed by atoms with van der Waals surface area (Å²) in [6.07, 6.45) is 1.82. The van der Waals surface area contributed by atoms with Gasteiger partial charge < -0.3 is 5.73 Å². The van der Waals surface area contributed by atoms with Crippen molar-refractivity contribution in [3.8, 4) is 22.4 Å². The monoisotopic (exact) mass is 311 g/mol. The number of aromatic nitrogens is 2. The number of nitrogens with zero attached hydrogens (tertiary/aromatic N) is 1. The first kappa shape index (κ1) is 14.8. The van der Waals surface area contributed by atoms with Crippen LogP contribution in [0.2, 0.25) is 5.02 Å². The van der Waals surface area contributed by atoms with Crippen molar-refractivity contribution in [2.75, 3.05) is 6.54 Å². The summed E-state index contributed by atoms with van der Waals surface area (Å²) in [5, 5.41) is 8.44. The summed E-state index contributed by atoms with van der Waals surface area (Å²) < 4.78 is 0. The molecule has 22 heavy (non-hydrogen) atoms. The SMILES string of the molecule is NCCCc1[nH]nc(-c2ccc(Cl)cc2)c1-c1ccccc1. The lowest BCUT2D eigenvalue weighted by atomic mass is 9.97. The van der Waals surface area contributed by atoms with Crippen LogP contribution in [0.1, 0.15) is 12.1 Å². The predicted molar refractivity (Wildman–Crippen MR) is 91.8 cm³/mol. The van der Waals surface area contributed by atoms with E-state index in [-0.39, 0.29) is 0 Å². The van der Waals surface area contributed by atoms with Crippen LogP contribution in [-0.2, 0) is 6.42 Å². The minimum absolute atomic E-state index is 0.670. The molecule has 0 fully saturated rings. The van der Waals surface area contributed by atoms with E-state index in [0.717, 1.165) is 45.9 Å². The van der Waals surface area contributed by atoms with Crippen molar-refractivity contribution in [2.24, 2.45) is 5.73 Å². The van der Waals surface area contributed by atoms with Crippen LogP contribution >= 0.6 is 11.6 Å². The fourth-order valence-electron chi connectivity index (χ4n) is 2.57. The molecule has 2 aromatic carbocycles. The van der Waals surface area contributed by atoms with Crippen LogP contribution in [0.15, 0.2) is 54.6 Å². The van der Waals surface area contributed by atoms with E-state index in [9.17, 15) is 0 Å². The van der Waals surface area contributed by atoms with Crippen molar-refractivity contribution < 1.29 is 0 Å². The molecule has 0 radical (unpaired) electrons. The molecule has 4 heteroatoms. The Hall–Kier alpha value is -2.10. The molecule has 112 valence electrons. The molecule has 0 saturated carbocycles. The topological polar surface area (TPSA) is 54.7 Å². The van der Waals surface area contributed by atoms with Crippen LogP contribution in [0.4, 0.5) is 0 Å². The molecule has 0 saturated heterocycles. The second-order valence-corrected chi connectivity index (χ2v) is 5.63. The summed E-state index contributed by atoms with van der Waals surface area (Å²) in [6, 6.07) is 18.1. The van der Waals surface area contributed by atoms with Crippen molar-refractivity contribution in [1.29, 1.82) is 0 Å². The number of halogens is 1. The fourth-order valence-corrected chi connectivity index (χ4v) is 2.70. The van der Waals surface area contributed by atoms with Crippen molar-refractivity contribution in [3.63, 3.8) is 0 Å². The third-order valence-corrected chi connectivity index (χ3v) is 3.90. The summed E-state index contributed by atoms with van der Waals surface area (Å²) in [6.45, 7) is 0.670. The summed E-state index contributed by atoms with van der Waals surface area (Å²) in [5.74, 6) is 0. The molecular formula is C18H18ClN3. The molecule has 3 N–H and O–H groups in total. The van der Waals surface area contributed by atoms with Gasteiger partial charge in [0.25, 0.3) is 0 Å². The quantitative estimate of drug-likeness (QED) is 0.738. The lowest BCUT2D eigenvalue weighted by Crippen LogP contribution is -2.01. The van der Waals surface area contributed by atoms with E-state index < -0.39 is 0 Å². The Morgan fingerprint density at radius 2 is 1.68 bits per heavy atom. The van der Waals surface area contributed by atoms with Gasteiger partial charge in [-0.15, -0.1) is 0 Å². The predicted octanol–water partition coefficient (Wildman–Crippen LogP) is 4.29. The Balaban J connectivity index is 2.10. The smallest absolute Gasteiger partial charge is 0.100 e. The van der Waals surface area contributed by atoms with Crippen molar-refractivity contribution in [1.82, 2.24) is 10.2 Å². The number of hydrogen-bond acceptors (Lipinski definition) is 2. The van der Waals surface area contributed by atoms with Gasteiger partial charge >= 0.3 is 0 Å². The number of aromatic amines is 1. The summed E-state index contributed by atoms with van der Waals surface area (Å²) in [5.41, 5.74) is 11.1. The Morgan fingerprint density at radius 1 is 0.955 bits per heavy atom. The molecule has 3 aromatic rings. The van der Waals surface area contributed by atoms with Gasteiger partial charge in [0.2, 0.25) is 0 Å². The third kappa shape index (κ3) is 3.06. The van der Waals surface area contributed by atoms with Gasteiger partial charge in [-0.2, -0.15) is 5.10 Å². The zero-order chi connectivity index (χ0) is 15.4. The minimum atomic E-state index is 0.670. The maximum Gasteiger partial charge on any atom is 0.100 e. The normalized spacial score (nSPS) is 10.8. The van der Waals surface area contributed by atoms with Crippen molar-refractivity contribution >= 4 is 11.6 Å². The average molecular weight is 312 g/mol. The largest absolute Gasteiger partial charge is 0.330 e. The van der Waals surface area contributed by atoms with Gasteiger partial charge in [0, 0.05) is 21.8 Å². The van der Waals surface area contributed by atoms with E-state index >= 15 is 0 Å². The lowest BCUT2D eigenvalue weighted by Gasteiger charge is -2.06. The number of rotatable bonds is 5. The van der Waals surface area contributed by atoms with Crippen LogP contribution in [0.3, 0.4) is 0 Å².